The van der Waals surface area contributed by atoms with E-state index < -0.39 is 0 Å². The van der Waals surface area contributed by atoms with Crippen LogP contribution in [0.5, 0.6) is 5.75 Å². The van der Waals surface area contributed by atoms with Crippen LogP contribution in [0.3, 0.4) is 0 Å². The van der Waals surface area contributed by atoms with Crippen LogP contribution >= 0.6 is 0 Å². The molecule has 5 rings (SSSR count). The fourth-order valence-electron chi connectivity index (χ4n) is 3.57. The lowest BCUT2D eigenvalue weighted by atomic mass is 10.1. The Morgan fingerprint density at radius 3 is 2.93 bits per heavy atom. The van der Waals surface area contributed by atoms with E-state index in [-0.39, 0.29) is 0 Å². The summed E-state index contributed by atoms with van der Waals surface area (Å²) in [6.07, 6.45) is 6.60. The Balaban J connectivity index is 1.53. The SMILES string of the molecule is CN(C)c1cccc(Nc2nccn3c(-c4ccc5c(c4)CCO5)cnc23)c1. The summed E-state index contributed by atoms with van der Waals surface area (Å²) in [5.41, 5.74) is 6.32. The van der Waals surface area contributed by atoms with Crippen molar-refractivity contribution in [3.05, 3.63) is 66.6 Å². The first-order valence-corrected chi connectivity index (χ1v) is 9.31. The smallest absolute Gasteiger partial charge is 0.180 e. The van der Waals surface area contributed by atoms with Gasteiger partial charge in [0, 0.05) is 49.8 Å². The zero-order chi connectivity index (χ0) is 19.1. The van der Waals surface area contributed by atoms with Gasteiger partial charge < -0.3 is 15.0 Å². The number of nitrogens with zero attached hydrogens (tertiary/aromatic N) is 4. The predicted molar refractivity (Wildman–Crippen MR) is 112 cm³/mol. The minimum atomic E-state index is 0.731. The van der Waals surface area contributed by atoms with Crippen LogP contribution in [0.4, 0.5) is 17.2 Å². The molecule has 2 aromatic heterocycles. The third-order valence-corrected chi connectivity index (χ3v) is 5.04. The van der Waals surface area contributed by atoms with E-state index in [2.05, 4.69) is 48.9 Å². The summed E-state index contributed by atoms with van der Waals surface area (Å²) in [7, 11) is 4.06. The van der Waals surface area contributed by atoms with Gasteiger partial charge in [-0.25, -0.2) is 9.97 Å². The van der Waals surface area contributed by atoms with E-state index in [1.54, 1.807) is 6.20 Å². The molecule has 0 unspecified atom stereocenters. The Kier molecular flexibility index (Phi) is 3.90. The Morgan fingerprint density at radius 1 is 1.11 bits per heavy atom. The molecule has 0 amide bonds. The number of imidazole rings is 1. The van der Waals surface area contributed by atoms with Gasteiger partial charge in [0.15, 0.2) is 11.5 Å². The predicted octanol–water partition coefficient (Wildman–Crippen LogP) is 4.14. The molecule has 0 bridgehead atoms. The molecular formula is C22H21N5O. The summed E-state index contributed by atoms with van der Waals surface area (Å²) in [6, 6.07) is 14.6. The van der Waals surface area contributed by atoms with Gasteiger partial charge >= 0.3 is 0 Å². The summed E-state index contributed by atoms with van der Waals surface area (Å²) in [4.78, 5) is 11.2. The first-order chi connectivity index (χ1) is 13.7. The molecule has 0 spiro atoms. The summed E-state index contributed by atoms with van der Waals surface area (Å²) >= 11 is 0. The number of aromatic nitrogens is 3. The Hall–Kier alpha value is -3.54. The minimum absolute atomic E-state index is 0.731. The van der Waals surface area contributed by atoms with Gasteiger partial charge in [-0.05, 0) is 42.0 Å². The van der Waals surface area contributed by atoms with Crippen LogP contribution in [0.1, 0.15) is 5.56 Å². The van der Waals surface area contributed by atoms with Crippen molar-refractivity contribution in [2.75, 3.05) is 30.9 Å². The monoisotopic (exact) mass is 371 g/mol. The molecule has 28 heavy (non-hydrogen) atoms. The zero-order valence-corrected chi connectivity index (χ0v) is 15.9. The van der Waals surface area contributed by atoms with Crippen molar-refractivity contribution in [3.63, 3.8) is 0 Å². The van der Waals surface area contributed by atoms with E-state index in [9.17, 15) is 0 Å². The van der Waals surface area contributed by atoms with E-state index in [1.807, 2.05) is 44.7 Å². The quantitative estimate of drug-likeness (QED) is 0.584. The molecule has 1 aliphatic heterocycles. The van der Waals surface area contributed by atoms with Crippen LogP contribution in [0.2, 0.25) is 0 Å². The van der Waals surface area contributed by atoms with Gasteiger partial charge in [-0.15, -0.1) is 0 Å². The van der Waals surface area contributed by atoms with Gasteiger partial charge in [-0.3, -0.25) is 4.40 Å². The highest BCUT2D eigenvalue weighted by molar-refractivity contribution is 5.75. The first kappa shape index (κ1) is 16.6. The lowest BCUT2D eigenvalue weighted by molar-refractivity contribution is 0.357. The molecule has 3 heterocycles. The summed E-state index contributed by atoms with van der Waals surface area (Å²) in [5.74, 6) is 1.72. The van der Waals surface area contributed by atoms with Gasteiger partial charge in [0.05, 0.1) is 18.5 Å². The van der Waals surface area contributed by atoms with Crippen LogP contribution in [0.25, 0.3) is 16.9 Å². The van der Waals surface area contributed by atoms with Gasteiger partial charge in [0.2, 0.25) is 0 Å². The Labute approximate surface area is 163 Å². The molecule has 2 aromatic carbocycles. The Morgan fingerprint density at radius 2 is 2.04 bits per heavy atom. The summed E-state index contributed by atoms with van der Waals surface area (Å²) in [5, 5.41) is 3.41. The standard InChI is InChI=1S/C22H21N5O/c1-26(2)18-5-3-4-17(13-18)25-21-22-24-14-19(27(22)10-9-23-21)15-6-7-20-16(12-15)8-11-28-20/h3-7,9-10,12-14H,8,11H2,1-2H3,(H,23,25). The Bertz CT molecular complexity index is 1160. The molecule has 0 fully saturated rings. The number of hydrogen-bond acceptors (Lipinski definition) is 5. The van der Waals surface area contributed by atoms with Crippen LogP contribution in [0, 0.1) is 0 Å². The number of ether oxygens (including phenoxy) is 1. The van der Waals surface area contributed by atoms with Crippen molar-refractivity contribution in [1.29, 1.82) is 0 Å². The molecule has 6 heteroatoms. The zero-order valence-electron chi connectivity index (χ0n) is 15.9. The molecular weight excluding hydrogens is 350 g/mol. The normalized spacial score (nSPS) is 12.6. The number of hydrogen-bond donors (Lipinski definition) is 1. The number of nitrogens with one attached hydrogen (secondary N) is 1. The second-order valence-electron chi connectivity index (χ2n) is 7.10. The third kappa shape index (κ3) is 2.83. The van der Waals surface area contributed by atoms with Crippen LogP contribution in [0.15, 0.2) is 61.1 Å². The second-order valence-corrected chi connectivity index (χ2v) is 7.10. The first-order valence-electron chi connectivity index (χ1n) is 9.31. The van der Waals surface area contributed by atoms with Crippen LogP contribution < -0.4 is 15.0 Å². The molecule has 0 aliphatic carbocycles. The highest BCUT2D eigenvalue weighted by Crippen LogP contribution is 2.32. The number of fused-ring (bicyclic) bond motifs is 2. The maximum absolute atomic E-state index is 5.62. The molecule has 0 saturated heterocycles. The lowest BCUT2D eigenvalue weighted by Crippen LogP contribution is -2.08. The van der Waals surface area contributed by atoms with Crippen molar-refractivity contribution in [3.8, 4) is 17.0 Å². The highest BCUT2D eigenvalue weighted by Gasteiger charge is 2.15. The maximum atomic E-state index is 5.62. The lowest BCUT2D eigenvalue weighted by Gasteiger charge is -2.14. The fourth-order valence-corrected chi connectivity index (χ4v) is 3.57. The van der Waals surface area contributed by atoms with E-state index in [0.717, 1.165) is 52.9 Å². The molecule has 0 radical (unpaired) electrons. The van der Waals surface area contributed by atoms with Crippen molar-refractivity contribution >= 4 is 22.8 Å². The number of rotatable bonds is 4. The average Bonchev–Trinajstić information content (AvgIpc) is 3.35. The van der Waals surface area contributed by atoms with E-state index in [1.165, 1.54) is 5.56 Å². The number of anilines is 3. The van der Waals surface area contributed by atoms with E-state index in [0.29, 0.717) is 0 Å². The van der Waals surface area contributed by atoms with Crippen molar-refractivity contribution < 1.29 is 4.74 Å². The summed E-state index contributed by atoms with van der Waals surface area (Å²) < 4.78 is 7.70. The summed E-state index contributed by atoms with van der Waals surface area (Å²) in [6.45, 7) is 0.760. The van der Waals surface area contributed by atoms with Gasteiger partial charge in [-0.1, -0.05) is 6.07 Å². The molecule has 0 saturated carbocycles. The molecule has 4 aromatic rings. The second kappa shape index (κ2) is 6.56. The van der Waals surface area contributed by atoms with Gasteiger partial charge in [-0.2, -0.15) is 0 Å². The maximum Gasteiger partial charge on any atom is 0.180 e. The topological polar surface area (TPSA) is 54.7 Å². The molecule has 6 nitrogen and oxygen atoms in total. The van der Waals surface area contributed by atoms with E-state index >= 15 is 0 Å². The van der Waals surface area contributed by atoms with Gasteiger partial charge in [0.1, 0.15) is 5.75 Å². The van der Waals surface area contributed by atoms with E-state index in [4.69, 9.17) is 4.74 Å². The molecule has 1 N–H and O–H groups in total. The van der Waals surface area contributed by atoms with Crippen molar-refractivity contribution in [1.82, 2.24) is 14.4 Å². The number of benzene rings is 2. The van der Waals surface area contributed by atoms with Crippen LogP contribution in [-0.4, -0.2) is 35.1 Å². The minimum Gasteiger partial charge on any atom is -0.493 e. The van der Waals surface area contributed by atoms with Crippen LogP contribution in [-0.2, 0) is 6.42 Å². The van der Waals surface area contributed by atoms with Crippen molar-refractivity contribution in [2.45, 2.75) is 6.42 Å². The third-order valence-electron chi connectivity index (χ3n) is 5.04. The highest BCUT2D eigenvalue weighted by atomic mass is 16.5. The van der Waals surface area contributed by atoms with Gasteiger partial charge in [0.25, 0.3) is 0 Å². The fraction of sp³-hybridized carbons (Fsp3) is 0.182. The average molecular weight is 371 g/mol. The van der Waals surface area contributed by atoms with Crippen molar-refractivity contribution in [2.24, 2.45) is 0 Å². The molecule has 140 valence electrons. The molecule has 1 aliphatic rings. The molecule has 0 atom stereocenters. The largest absolute Gasteiger partial charge is 0.493 e.